The Hall–Kier alpha value is -3.63. The Labute approximate surface area is 235 Å². The van der Waals surface area contributed by atoms with E-state index in [1.807, 2.05) is 48.7 Å². The van der Waals surface area contributed by atoms with Crippen molar-refractivity contribution in [2.45, 2.75) is 32.1 Å². The molecule has 0 N–H and O–H groups in total. The molecule has 6 nitrogen and oxygen atoms in total. The number of alkyl halides is 2. The maximum atomic E-state index is 13.1. The SMILES string of the molecule is C=C(CC)N=C(c1cccs1)N(CSCc1coc(-c2ccc(OC(C)(F)F)cc2)n1)c1ccccc1OC. The first-order chi connectivity index (χ1) is 18.8. The van der Waals surface area contributed by atoms with Gasteiger partial charge < -0.3 is 18.8 Å². The van der Waals surface area contributed by atoms with Crippen molar-refractivity contribution in [3.63, 3.8) is 0 Å². The number of thioether (sulfide) groups is 1. The number of thiophene rings is 1. The number of benzene rings is 2. The predicted molar refractivity (Wildman–Crippen MR) is 155 cm³/mol. The van der Waals surface area contributed by atoms with Crippen LogP contribution in [0.1, 0.15) is 30.8 Å². The molecule has 0 fully saturated rings. The molecule has 4 rings (SSSR count). The van der Waals surface area contributed by atoms with E-state index in [0.29, 0.717) is 30.0 Å². The molecule has 204 valence electrons. The van der Waals surface area contributed by atoms with E-state index < -0.39 is 6.11 Å². The number of para-hydroxylation sites is 2. The van der Waals surface area contributed by atoms with E-state index in [0.717, 1.165) is 40.0 Å². The summed E-state index contributed by atoms with van der Waals surface area (Å²) in [6, 6.07) is 18.1. The van der Waals surface area contributed by atoms with Gasteiger partial charge in [-0.05, 0) is 54.3 Å². The van der Waals surface area contributed by atoms with Gasteiger partial charge in [0.25, 0.3) is 0 Å². The van der Waals surface area contributed by atoms with Crippen molar-refractivity contribution in [3.8, 4) is 23.0 Å². The van der Waals surface area contributed by atoms with E-state index in [2.05, 4.69) is 21.2 Å². The molecule has 2 aromatic heterocycles. The first-order valence-corrected chi connectivity index (χ1v) is 14.2. The Morgan fingerprint density at radius 1 is 1.15 bits per heavy atom. The summed E-state index contributed by atoms with van der Waals surface area (Å²) < 4.78 is 42.1. The second kappa shape index (κ2) is 12.9. The Morgan fingerprint density at radius 2 is 1.92 bits per heavy atom. The third-order valence-electron chi connectivity index (χ3n) is 5.47. The van der Waals surface area contributed by atoms with Gasteiger partial charge in [-0.15, -0.1) is 23.1 Å². The van der Waals surface area contributed by atoms with Crippen LogP contribution in [0.15, 0.2) is 94.0 Å². The summed E-state index contributed by atoms with van der Waals surface area (Å²) in [7, 11) is 1.65. The Balaban J connectivity index is 1.52. The van der Waals surface area contributed by atoms with Crippen LogP contribution in [-0.4, -0.2) is 29.9 Å². The van der Waals surface area contributed by atoms with Crippen molar-refractivity contribution < 1.29 is 22.7 Å². The number of allylic oxidation sites excluding steroid dienone is 1. The van der Waals surface area contributed by atoms with Crippen molar-refractivity contribution in [3.05, 3.63) is 95.2 Å². The molecular formula is C29H29F2N3O3S2. The van der Waals surface area contributed by atoms with Crippen molar-refractivity contribution >= 4 is 34.6 Å². The lowest BCUT2D eigenvalue weighted by atomic mass is 10.2. The zero-order valence-corrected chi connectivity index (χ0v) is 23.5. The molecule has 0 spiro atoms. The second-order valence-electron chi connectivity index (χ2n) is 8.49. The minimum atomic E-state index is -3.25. The number of halogens is 2. The van der Waals surface area contributed by atoms with Crippen molar-refractivity contribution in [2.75, 3.05) is 17.9 Å². The van der Waals surface area contributed by atoms with E-state index in [-0.39, 0.29) is 5.75 Å². The molecule has 0 saturated carbocycles. The molecule has 0 saturated heterocycles. The van der Waals surface area contributed by atoms with E-state index >= 15 is 0 Å². The molecule has 2 heterocycles. The fourth-order valence-corrected chi connectivity index (χ4v) is 5.20. The van der Waals surface area contributed by atoms with Crippen LogP contribution in [0, 0.1) is 0 Å². The van der Waals surface area contributed by atoms with Crippen molar-refractivity contribution in [2.24, 2.45) is 4.99 Å². The van der Waals surface area contributed by atoms with Crippen LogP contribution in [0.2, 0.25) is 0 Å². The predicted octanol–water partition coefficient (Wildman–Crippen LogP) is 8.47. The molecule has 39 heavy (non-hydrogen) atoms. The summed E-state index contributed by atoms with van der Waals surface area (Å²) in [5, 5.41) is 2.02. The smallest absolute Gasteiger partial charge is 0.394 e. The normalized spacial score (nSPS) is 11.9. The maximum absolute atomic E-state index is 13.1. The number of aliphatic imine (C=N–C) groups is 1. The summed E-state index contributed by atoms with van der Waals surface area (Å²) in [5.74, 6) is 3.15. The molecule has 4 aromatic rings. The molecule has 10 heteroatoms. The average molecular weight is 570 g/mol. The Bertz CT molecular complexity index is 1400. The highest BCUT2D eigenvalue weighted by molar-refractivity contribution is 7.98. The van der Waals surface area contributed by atoms with E-state index in [4.69, 9.17) is 14.1 Å². The van der Waals surface area contributed by atoms with Crippen molar-refractivity contribution in [1.29, 1.82) is 0 Å². The molecule has 0 aliphatic heterocycles. The number of hydrogen-bond donors (Lipinski definition) is 0. The van der Waals surface area contributed by atoms with Gasteiger partial charge in [0.1, 0.15) is 17.8 Å². The van der Waals surface area contributed by atoms with Gasteiger partial charge in [0.05, 0.1) is 29.2 Å². The number of hydrogen-bond acceptors (Lipinski definition) is 7. The highest BCUT2D eigenvalue weighted by atomic mass is 32.2. The molecule has 0 aliphatic carbocycles. The summed E-state index contributed by atoms with van der Waals surface area (Å²) in [6.45, 7) is 6.84. The van der Waals surface area contributed by atoms with Crippen LogP contribution in [0.4, 0.5) is 14.5 Å². The number of anilines is 1. The van der Waals surface area contributed by atoms with Gasteiger partial charge in [0.2, 0.25) is 5.89 Å². The van der Waals surface area contributed by atoms with Gasteiger partial charge in [-0.25, -0.2) is 9.98 Å². The van der Waals surface area contributed by atoms with E-state index in [9.17, 15) is 8.78 Å². The number of ether oxygens (including phenoxy) is 2. The minimum absolute atomic E-state index is 0.0685. The number of oxazole rings is 1. The van der Waals surface area contributed by atoms with Gasteiger partial charge in [-0.3, -0.25) is 0 Å². The van der Waals surface area contributed by atoms with E-state index in [1.165, 1.54) is 12.1 Å². The zero-order chi connectivity index (χ0) is 27.8. The van der Waals surface area contributed by atoms with Crippen LogP contribution in [0.3, 0.4) is 0 Å². The van der Waals surface area contributed by atoms with Crippen LogP contribution in [0.5, 0.6) is 11.5 Å². The Morgan fingerprint density at radius 3 is 2.59 bits per heavy atom. The number of methoxy groups -OCH3 is 1. The molecule has 0 aliphatic rings. The summed E-state index contributed by atoms with van der Waals surface area (Å²) in [5.41, 5.74) is 3.09. The van der Waals surface area contributed by atoms with Gasteiger partial charge in [0, 0.05) is 23.9 Å². The van der Waals surface area contributed by atoms with Gasteiger partial charge >= 0.3 is 6.11 Å². The third kappa shape index (κ3) is 7.70. The summed E-state index contributed by atoms with van der Waals surface area (Å²) in [6.07, 6.45) is -0.907. The molecule has 0 unspecified atom stereocenters. The van der Waals surface area contributed by atoms with E-state index in [1.54, 1.807) is 48.6 Å². The van der Waals surface area contributed by atoms with Gasteiger partial charge in [-0.2, -0.15) is 8.78 Å². The first-order valence-electron chi connectivity index (χ1n) is 12.2. The summed E-state index contributed by atoms with van der Waals surface area (Å²) in [4.78, 5) is 12.6. The minimum Gasteiger partial charge on any atom is -0.495 e. The number of amidine groups is 1. The monoisotopic (exact) mass is 569 g/mol. The van der Waals surface area contributed by atoms with Gasteiger partial charge in [-0.1, -0.05) is 31.7 Å². The topological polar surface area (TPSA) is 60.1 Å². The average Bonchev–Trinajstić information content (AvgIpc) is 3.62. The second-order valence-corrected chi connectivity index (χ2v) is 10.4. The summed E-state index contributed by atoms with van der Waals surface area (Å²) >= 11 is 3.26. The highest BCUT2D eigenvalue weighted by Gasteiger charge is 2.23. The first kappa shape index (κ1) is 28.4. The molecule has 0 bridgehead atoms. The van der Waals surface area contributed by atoms with Gasteiger partial charge in [0.15, 0.2) is 5.84 Å². The molecule has 0 amide bonds. The number of nitrogens with zero attached hydrogens (tertiary/aromatic N) is 3. The lowest BCUT2D eigenvalue weighted by Crippen LogP contribution is -2.31. The molecule has 0 radical (unpaired) electrons. The molecule has 0 atom stereocenters. The zero-order valence-electron chi connectivity index (χ0n) is 21.9. The lowest BCUT2D eigenvalue weighted by molar-refractivity contribution is -0.158. The number of rotatable bonds is 12. The maximum Gasteiger partial charge on any atom is 0.394 e. The fourth-order valence-electron chi connectivity index (χ4n) is 3.60. The van der Waals surface area contributed by atoms with Crippen LogP contribution < -0.4 is 14.4 Å². The Kier molecular flexibility index (Phi) is 9.42. The standard InChI is InChI=1S/C29H29F2N3O3S2/c1-5-20(2)32-27(26-11-8-16-39-26)34(24-9-6-7-10-25(24)35-4)19-38-18-22-17-36-28(33-22)21-12-14-23(15-13-21)37-29(3,30)31/h6-17H,2,5,18-19H2,1,3-4H3. The largest absolute Gasteiger partial charge is 0.495 e. The fraction of sp³-hybridized carbons (Fsp3) is 0.241. The van der Waals surface area contributed by atoms with Crippen molar-refractivity contribution in [1.82, 2.24) is 4.98 Å². The van der Waals surface area contributed by atoms with Crippen LogP contribution in [-0.2, 0) is 5.75 Å². The number of aromatic nitrogens is 1. The third-order valence-corrected chi connectivity index (χ3v) is 7.27. The quantitative estimate of drug-likeness (QED) is 0.0969. The van der Waals surface area contributed by atoms with Crippen LogP contribution in [0.25, 0.3) is 11.5 Å². The lowest BCUT2D eigenvalue weighted by Gasteiger charge is -2.27. The molecule has 2 aromatic carbocycles. The highest BCUT2D eigenvalue weighted by Crippen LogP contribution is 2.33. The molecular weight excluding hydrogens is 540 g/mol. The van der Waals surface area contributed by atoms with Crippen LogP contribution >= 0.6 is 23.1 Å².